The van der Waals surface area contributed by atoms with E-state index in [0.717, 1.165) is 25.7 Å². The van der Waals surface area contributed by atoms with Crippen LogP contribution in [0.25, 0.3) is 0 Å². The summed E-state index contributed by atoms with van der Waals surface area (Å²) < 4.78 is 0. The maximum Gasteiger partial charge on any atom is 0.303 e. The van der Waals surface area contributed by atoms with E-state index < -0.39 is 5.97 Å². The second-order valence-electron chi connectivity index (χ2n) is 5.04. The monoisotopic (exact) mass is 244 g/mol. The number of hydrogen-bond acceptors (Lipinski definition) is 2. The fourth-order valence-electron chi connectivity index (χ4n) is 2.07. The minimum atomic E-state index is -0.679. The smallest absolute Gasteiger partial charge is 0.303 e. The molecule has 0 aliphatic carbocycles. The second-order valence-corrected chi connectivity index (χ2v) is 5.04. The highest BCUT2D eigenvalue weighted by Gasteiger charge is 2.06. The van der Waals surface area contributed by atoms with Gasteiger partial charge in [0, 0.05) is 13.0 Å². The van der Waals surface area contributed by atoms with Gasteiger partial charge in [-0.3, -0.25) is 4.79 Å². The number of unbranched alkanes of at least 4 members (excludes halogenated alkanes) is 7. The highest BCUT2D eigenvalue weighted by Crippen LogP contribution is 2.15. The standard InChI is InChI=1S/C14H28O3/c1-13(12-14(16)17)10-8-6-4-2-3-5-7-9-11-15/h13,15H,2-12H2,1H3,(H,16,17). The van der Waals surface area contributed by atoms with Crippen LogP contribution in [0.3, 0.4) is 0 Å². The molecule has 0 saturated carbocycles. The van der Waals surface area contributed by atoms with Gasteiger partial charge < -0.3 is 10.2 Å². The van der Waals surface area contributed by atoms with Crippen LogP contribution in [0.1, 0.15) is 71.1 Å². The lowest BCUT2D eigenvalue weighted by Crippen LogP contribution is -2.03. The molecule has 17 heavy (non-hydrogen) atoms. The summed E-state index contributed by atoms with van der Waals surface area (Å²) in [6.07, 6.45) is 10.9. The maximum absolute atomic E-state index is 10.5. The van der Waals surface area contributed by atoms with E-state index in [2.05, 4.69) is 0 Å². The summed E-state index contributed by atoms with van der Waals surface area (Å²) >= 11 is 0. The first kappa shape index (κ1) is 16.4. The normalized spacial score (nSPS) is 12.6. The molecule has 102 valence electrons. The van der Waals surface area contributed by atoms with Gasteiger partial charge in [-0.2, -0.15) is 0 Å². The van der Waals surface area contributed by atoms with Gasteiger partial charge in [0.15, 0.2) is 0 Å². The van der Waals surface area contributed by atoms with Crippen molar-refractivity contribution in [2.75, 3.05) is 6.61 Å². The van der Waals surface area contributed by atoms with Crippen molar-refractivity contribution >= 4 is 5.97 Å². The Morgan fingerprint density at radius 1 is 0.941 bits per heavy atom. The molecule has 1 unspecified atom stereocenters. The zero-order chi connectivity index (χ0) is 12.9. The van der Waals surface area contributed by atoms with E-state index in [1.165, 1.54) is 32.1 Å². The average molecular weight is 244 g/mol. The van der Waals surface area contributed by atoms with Gasteiger partial charge in [-0.1, -0.05) is 58.3 Å². The minimum absolute atomic E-state index is 0.307. The van der Waals surface area contributed by atoms with Crippen LogP contribution in [0.5, 0.6) is 0 Å². The molecule has 0 fully saturated rings. The summed E-state index contributed by atoms with van der Waals surface area (Å²) in [5.41, 5.74) is 0. The molecule has 2 N–H and O–H groups in total. The number of aliphatic hydroxyl groups is 1. The lowest BCUT2D eigenvalue weighted by molar-refractivity contribution is -0.138. The third kappa shape index (κ3) is 13.4. The van der Waals surface area contributed by atoms with E-state index in [1.54, 1.807) is 0 Å². The molecule has 0 bridgehead atoms. The molecule has 3 heteroatoms. The molecule has 0 aliphatic rings. The van der Waals surface area contributed by atoms with Crippen molar-refractivity contribution < 1.29 is 15.0 Å². The Morgan fingerprint density at radius 3 is 1.88 bits per heavy atom. The Balaban J connectivity index is 3.10. The molecule has 0 spiro atoms. The quantitative estimate of drug-likeness (QED) is 0.516. The summed E-state index contributed by atoms with van der Waals surface area (Å²) in [4.78, 5) is 10.5. The lowest BCUT2D eigenvalue weighted by Gasteiger charge is -2.07. The Labute approximate surface area is 105 Å². The number of hydrogen-bond donors (Lipinski definition) is 2. The van der Waals surface area contributed by atoms with Crippen molar-refractivity contribution in [2.45, 2.75) is 71.1 Å². The number of carbonyl (C=O) groups is 1. The molecular formula is C14H28O3. The van der Waals surface area contributed by atoms with E-state index >= 15 is 0 Å². The van der Waals surface area contributed by atoms with Crippen LogP contribution in [-0.2, 0) is 4.79 Å². The van der Waals surface area contributed by atoms with E-state index in [1.807, 2.05) is 6.92 Å². The highest BCUT2D eigenvalue weighted by molar-refractivity contribution is 5.66. The van der Waals surface area contributed by atoms with Crippen molar-refractivity contribution in [3.8, 4) is 0 Å². The van der Waals surface area contributed by atoms with Crippen molar-refractivity contribution in [3.63, 3.8) is 0 Å². The van der Waals surface area contributed by atoms with Crippen molar-refractivity contribution in [3.05, 3.63) is 0 Å². The number of carboxylic acids is 1. The largest absolute Gasteiger partial charge is 0.481 e. The van der Waals surface area contributed by atoms with Gasteiger partial charge in [-0.05, 0) is 12.3 Å². The van der Waals surface area contributed by atoms with Crippen LogP contribution in [0, 0.1) is 5.92 Å². The summed E-state index contributed by atoms with van der Waals surface area (Å²) in [5.74, 6) is -0.363. The molecule has 0 heterocycles. The zero-order valence-electron chi connectivity index (χ0n) is 11.2. The third-order valence-electron chi connectivity index (χ3n) is 3.13. The first-order chi connectivity index (χ1) is 8.16. The fraction of sp³-hybridized carbons (Fsp3) is 0.929. The predicted molar refractivity (Wildman–Crippen MR) is 70.1 cm³/mol. The van der Waals surface area contributed by atoms with Gasteiger partial charge in [0.2, 0.25) is 0 Å². The molecule has 0 amide bonds. The first-order valence-electron chi connectivity index (χ1n) is 6.99. The van der Waals surface area contributed by atoms with Gasteiger partial charge in [-0.15, -0.1) is 0 Å². The summed E-state index contributed by atoms with van der Waals surface area (Å²) in [5, 5.41) is 17.2. The molecule has 0 saturated heterocycles. The second kappa shape index (κ2) is 11.9. The van der Waals surface area contributed by atoms with Gasteiger partial charge in [-0.25, -0.2) is 0 Å². The van der Waals surface area contributed by atoms with Gasteiger partial charge >= 0.3 is 5.97 Å². The summed E-state index contributed by atoms with van der Waals surface area (Å²) in [7, 11) is 0. The molecule has 0 aromatic carbocycles. The average Bonchev–Trinajstić information content (AvgIpc) is 2.26. The molecule has 0 radical (unpaired) electrons. The molecule has 0 aromatic heterocycles. The van der Waals surface area contributed by atoms with E-state index in [4.69, 9.17) is 10.2 Å². The topological polar surface area (TPSA) is 57.5 Å². The number of rotatable bonds is 12. The Bertz CT molecular complexity index is 180. The van der Waals surface area contributed by atoms with Crippen molar-refractivity contribution in [1.82, 2.24) is 0 Å². The van der Waals surface area contributed by atoms with Crippen molar-refractivity contribution in [2.24, 2.45) is 5.92 Å². The van der Waals surface area contributed by atoms with Crippen LogP contribution in [0.15, 0.2) is 0 Å². The third-order valence-corrected chi connectivity index (χ3v) is 3.13. The van der Waals surface area contributed by atoms with Crippen LogP contribution in [0.4, 0.5) is 0 Å². The predicted octanol–water partition coefficient (Wildman–Crippen LogP) is 3.60. The first-order valence-corrected chi connectivity index (χ1v) is 6.99. The Kier molecular flexibility index (Phi) is 11.5. The maximum atomic E-state index is 10.5. The van der Waals surface area contributed by atoms with Crippen LogP contribution in [-0.4, -0.2) is 22.8 Å². The van der Waals surface area contributed by atoms with Crippen LogP contribution >= 0.6 is 0 Å². The molecule has 3 nitrogen and oxygen atoms in total. The van der Waals surface area contributed by atoms with Crippen molar-refractivity contribution in [1.29, 1.82) is 0 Å². The van der Waals surface area contributed by atoms with Gasteiger partial charge in [0.25, 0.3) is 0 Å². The lowest BCUT2D eigenvalue weighted by atomic mass is 9.99. The SMILES string of the molecule is CC(CCCCCCCCCCO)CC(=O)O. The molecule has 1 atom stereocenters. The molecule has 0 rings (SSSR count). The van der Waals surface area contributed by atoms with E-state index in [0.29, 0.717) is 18.9 Å². The molecular weight excluding hydrogens is 216 g/mol. The summed E-state index contributed by atoms with van der Waals surface area (Å²) in [6.45, 7) is 2.34. The van der Waals surface area contributed by atoms with Gasteiger partial charge in [0.1, 0.15) is 0 Å². The van der Waals surface area contributed by atoms with E-state index in [-0.39, 0.29) is 0 Å². The Morgan fingerprint density at radius 2 is 1.41 bits per heavy atom. The van der Waals surface area contributed by atoms with Gasteiger partial charge in [0.05, 0.1) is 0 Å². The minimum Gasteiger partial charge on any atom is -0.481 e. The number of aliphatic hydroxyl groups excluding tert-OH is 1. The molecule has 0 aromatic rings. The summed E-state index contributed by atoms with van der Waals surface area (Å²) in [6, 6.07) is 0. The number of aliphatic carboxylic acids is 1. The fourth-order valence-corrected chi connectivity index (χ4v) is 2.07. The van der Waals surface area contributed by atoms with Crippen LogP contribution in [0.2, 0.25) is 0 Å². The van der Waals surface area contributed by atoms with E-state index in [9.17, 15) is 4.79 Å². The number of carboxylic acid groups (broad SMARTS) is 1. The highest BCUT2D eigenvalue weighted by atomic mass is 16.4. The Hall–Kier alpha value is -0.570. The zero-order valence-corrected chi connectivity index (χ0v) is 11.2. The van der Waals surface area contributed by atoms with Crippen LogP contribution < -0.4 is 0 Å². The molecule has 0 aliphatic heterocycles.